The molecule has 1 atom stereocenters. The Hall–Kier alpha value is -2.52. The molecule has 6 heteroatoms. The van der Waals surface area contributed by atoms with Crippen molar-refractivity contribution in [3.63, 3.8) is 0 Å². The number of rotatable bonds is 2. The highest BCUT2D eigenvalue weighted by Gasteiger charge is 2.27. The zero-order chi connectivity index (χ0) is 13.9. The van der Waals surface area contributed by atoms with Gasteiger partial charge in [0.15, 0.2) is 11.5 Å². The Bertz CT molecular complexity index is 690. The average Bonchev–Trinajstić information content (AvgIpc) is 2.94. The van der Waals surface area contributed by atoms with Gasteiger partial charge in [0.05, 0.1) is 5.56 Å². The molecule has 0 radical (unpaired) electrons. The monoisotopic (exact) mass is 286 g/mol. The first-order chi connectivity index (χ1) is 9.78. The van der Waals surface area contributed by atoms with Crippen molar-refractivity contribution in [2.24, 2.45) is 0 Å². The molecule has 1 N–H and O–H groups in total. The number of benzene rings is 1. The van der Waals surface area contributed by atoms with E-state index < -0.39 is 6.10 Å². The molecule has 1 aromatic carbocycles. The van der Waals surface area contributed by atoms with E-state index in [1.54, 1.807) is 23.6 Å². The van der Waals surface area contributed by atoms with Crippen LogP contribution >= 0.6 is 11.3 Å². The number of para-hydroxylation sites is 2. The lowest BCUT2D eigenvalue weighted by atomic mass is 10.2. The van der Waals surface area contributed by atoms with Gasteiger partial charge in [-0.2, -0.15) is 5.26 Å². The number of hydrogen-bond acceptors (Lipinski definition) is 5. The summed E-state index contributed by atoms with van der Waals surface area (Å²) >= 11 is 1.30. The van der Waals surface area contributed by atoms with Crippen LogP contribution < -0.4 is 14.8 Å². The molecular weight excluding hydrogens is 276 g/mol. The molecule has 1 aliphatic heterocycles. The summed E-state index contributed by atoms with van der Waals surface area (Å²) in [6, 6.07) is 10.9. The normalized spacial score (nSPS) is 16.2. The van der Waals surface area contributed by atoms with Crippen molar-refractivity contribution in [1.29, 1.82) is 5.26 Å². The Morgan fingerprint density at radius 1 is 1.35 bits per heavy atom. The molecule has 0 unspecified atom stereocenters. The minimum atomic E-state index is -0.724. The quantitative estimate of drug-likeness (QED) is 0.920. The van der Waals surface area contributed by atoms with Gasteiger partial charge in [-0.3, -0.25) is 4.79 Å². The molecule has 0 fully saturated rings. The van der Waals surface area contributed by atoms with Crippen molar-refractivity contribution in [1.82, 2.24) is 0 Å². The summed E-state index contributed by atoms with van der Waals surface area (Å²) in [6.07, 6.45) is -0.724. The highest BCUT2D eigenvalue weighted by atomic mass is 32.1. The third-order valence-corrected chi connectivity index (χ3v) is 3.65. The topological polar surface area (TPSA) is 71.4 Å². The first-order valence-electron chi connectivity index (χ1n) is 5.95. The van der Waals surface area contributed by atoms with Crippen LogP contribution in [0.5, 0.6) is 11.5 Å². The number of thiophene rings is 1. The van der Waals surface area contributed by atoms with E-state index in [4.69, 9.17) is 14.7 Å². The number of nitrogens with one attached hydrogen (secondary N) is 1. The lowest BCUT2D eigenvalue weighted by Gasteiger charge is -2.25. The van der Waals surface area contributed by atoms with Gasteiger partial charge in [-0.15, -0.1) is 11.3 Å². The van der Waals surface area contributed by atoms with Crippen LogP contribution in [0.4, 0.5) is 5.00 Å². The average molecular weight is 286 g/mol. The Labute approximate surface area is 119 Å². The zero-order valence-electron chi connectivity index (χ0n) is 10.3. The molecule has 1 aromatic heterocycles. The summed E-state index contributed by atoms with van der Waals surface area (Å²) in [5.74, 6) is 0.856. The predicted octanol–water partition coefficient (Wildman–Crippen LogP) is 2.40. The second kappa shape index (κ2) is 5.23. The molecular formula is C14H10N2O3S. The van der Waals surface area contributed by atoms with Crippen LogP contribution in [-0.2, 0) is 4.79 Å². The van der Waals surface area contributed by atoms with Gasteiger partial charge in [-0.1, -0.05) is 12.1 Å². The van der Waals surface area contributed by atoms with Gasteiger partial charge in [0.1, 0.15) is 17.7 Å². The standard InChI is InChI=1S/C14H10N2O3S/c15-7-9-5-6-20-14(9)16-13(17)12-8-18-10-3-1-2-4-11(10)19-12/h1-6,12H,8H2,(H,16,17)/t12-/m0/s1. The largest absolute Gasteiger partial charge is 0.485 e. The Morgan fingerprint density at radius 3 is 2.95 bits per heavy atom. The highest BCUT2D eigenvalue weighted by molar-refractivity contribution is 7.14. The molecule has 0 saturated heterocycles. The smallest absolute Gasteiger partial charge is 0.269 e. The van der Waals surface area contributed by atoms with Crippen LogP contribution in [0, 0.1) is 11.3 Å². The maximum atomic E-state index is 12.1. The lowest BCUT2D eigenvalue weighted by molar-refractivity contribution is -0.125. The van der Waals surface area contributed by atoms with Gasteiger partial charge in [0.25, 0.3) is 5.91 Å². The summed E-state index contributed by atoms with van der Waals surface area (Å²) in [5.41, 5.74) is 0.445. The fraction of sp³-hybridized carbons (Fsp3) is 0.143. The molecule has 0 saturated carbocycles. The second-order valence-corrected chi connectivity index (χ2v) is 5.04. The van der Waals surface area contributed by atoms with Crippen molar-refractivity contribution in [2.45, 2.75) is 6.10 Å². The number of carbonyl (C=O) groups excluding carboxylic acids is 1. The zero-order valence-corrected chi connectivity index (χ0v) is 11.1. The maximum absolute atomic E-state index is 12.1. The van der Waals surface area contributed by atoms with Crippen LogP contribution in [0.2, 0.25) is 0 Å². The van der Waals surface area contributed by atoms with Crippen LogP contribution in [-0.4, -0.2) is 18.6 Å². The Morgan fingerprint density at radius 2 is 2.15 bits per heavy atom. The van der Waals surface area contributed by atoms with Crippen molar-refractivity contribution in [3.8, 4) is 17.6 Å². The third-order valence-electron chi connectivity index (χ3n) is 2.82. The number of hydrogen-bond donors (Lipinski definition) is 1. The molecule has 3 rings (SSSR count). The van der Waals surface area contributed by atoms with Crippen molar-refractivity contribution in [3.05, 3.63) is 41.3 Å². The molecule has 2 heterocycles. The van der Waals surface area contributed by atoms with Crippen molar-refractivity contribution >= 4 is 22.2 Å². The van der Waals surface area contributed by atoms with E-state index in [-0.39, 0.29) is 12.5 Å². The summed E-state index contributed by atoms with van der Waals surface area (Å²) in [5, 5.41) is 13.9. The minimum Gasteiger partial charge on any atom is -0.485 e. The van der Waals surface area contributed by atoms with Crippen molar-refractivity contribution < 1.29 is 14.3 Å². The van der Waals surface area contributed by atoms with E-state index >= 15 is 0 Å². The van der Waals surface area contributed by atoms with Crippen LogP contribution in [0.3, 0.4) is 0 Å². The number of nitrogens with zero attached hydrogens (tertiary/aromatic N) is 1. The van der Waals surface area contributed by atoms with E-state index in [1.165, 1.54) is 11.3 Å². The Balaban J connectivity index is 1.72. The molecule has 5 nitrogen and oxygen atoms in total. The van der Waals surface area contributed by atoms with Gasteiger partial charge in [0.2, 0.25) is 6.10 Å². The molecule has 2 aromatic rings. The molecule has 1 aliphatic rings. The van der Waals surface area contributed by atoms with Crippen molar-refractivity contribution in [2.75, 3.05) is 11.9 Å². The number of anilines is 1. The summed E-state index contributed by atoms with van der Waals surface area (Å²) in [4.78, 5) is 12.1. The van der Waals surface area contributed by atoms with E-state index in [9.17, 15) is 4.79 Å². The molecule has 0 spiro atoms. The molecule has 100 valence electrons. The fourth-order valence-electron chi connectivity index (χ4n) is 1.84. The van der Waals surface area contributed by atoms with Gasteiger partial charge < -0.3 is 14.8 Å². The fourth-order valence-corrected chi connectivity index (χ4v) is 2.58. The Kier molecular flexibility index (Phi) is 3.27. The maximum Gasteiger partial charge on any atom is 0.269 e. The molecule has 0 bridgehead atoms. The number of carbonyl (C=O) groups is 1. The molecule has 1 amide bonds. The number of nitriles is 1. The molecule has 0 aliphatic carbocycles. The van der Waals surface area contributed by atoms with E-state index in [0.717, 1.165) is 0 Å². The SMILES string of the molecule is N#Cc1ccsc1NC(=O)[C@@H]1COc2ccccc2O1. The molecule has 20 heavy (non-hydrogen) atoms. The van der Waals surface area contributed by atoms with Gasteiger partial charge in [-0.25, -0.2) is 0 Å². The second-order valence-electron chi connectivity index (χ2n) is 4.13. The number of ether oxygens (including phenoxy) is 2. The van der Waals surface area contributed by atoms with E-state index in [2.05, 4.69) is 5.32 Å². The lowest BCUT2D eigenvalue weighted by Crippen LogP contribution is -2.40. The van der Waals surface area contributed by atoms with Crippen LogP contribution in [0.25, 0.3) is 0 Å². The summed E-state index contributed by atoms with van der Waals surface area (Å²) in [6.45, 7) is 0.149. The summed E-state index contributed by atoms with van der Waals surface area (Å²) in [7, 11) is 0. The minimum absolute atomic E-state index is 0.149. The van der Waals surface area contributed by atoms with Gasteiger partial charge in [-0.05, 0) is 23.6 Å². The first-order valence-corrected chi connectivity index (χ1v) is 6.83. The van der Waals surface area contributed by atoms with Gasteiger partial charge >= 0.3 is 0 Å². The highest BCUT2D eigenvalue weighted by Crippen LogP contribution is 2.31. The van der Waals surface area contributed by atoms with Crippen LogP contribution in [0.1, 0.15) is 5.56 Å². The third kappa shape index (κ3) is 2.31. The van der Waals surface area contributed by atoms with E-state index in [0.29, 0.717) is 22.1 Å². The first kappa shape index (κ1) is 12.5. The number of fused-ring (bicyclic) bond motifs is 1. The number of amides is 1. The van der Waals surface area contributed by atoms with E-state index in [1.807, 2.05) is 18.2 Å². The van der Waals surface area contributed by atoms with Crippen LogP contribution in [0.15, 0.2) is 35.7 Å². The predicted molar refractivity (Wildman–Crippen MR) is 74.0 cm³/mol. The summed E-state index contributed by atoms with van der Waals surface area (Å²) < 4.78 is 11.1. The van der Waals surface area contributed by atoms with Gasteiger partial charge in [0, 0.05) is 0 Å².